The summed E-state index contributed by atoms with van der Waals surface area (Å²) in [6.45, 7) is 0.656. The van der Waals surface area contributed by atoms with Gasteiger partial charge in [-0.05, 0) is 65.9 Å². The molecule has 2 aliphatic heterocycles. The van der Waals surface area contributed by atoms with Gasteiger partial charge in [0.2, 0.25) is 5.91 Å². The maximum absolute atomic E-state index is 13.0. The van der Waals surface area contributed by atoms with Crippen LogP contribution in [0.4, 0.5) is 17.1 Å². The second kappa shape index (κ2) is 9.60. The third-order valence-electron chi connectivity index (χ3n) is 6.61. The second-order valence-corrected chi connectivity index (χ2v) is 9.22. The van der Waals surface area contributed by atoms with Crippen LogP contribution in [-0.4, -0.2) is 48.1 Å². The molecule has 2 amide bonds. The number of methoxy groups -OCH3 is 1. The lowest BCUT2D eigenvalue weighted by Gasteiger charge is -2.23. The van der Waals surface area contributed by atoms with Crippen LogP contribution in [0.15, 0.2) is 54.6 Å². The summed E-state index contributed by atoms with van der Waals surface area (Å²) in [7, 11) is 1.57. The van der Waals surface area contributed by atoms with Crippen molar-refractivity contribution in [3.05, 3.63) is 70.7 Å². The minimum absolute atomic E-state index is 0.0132. The summed E-state index contributed by atoms with van der Waals surface area (Å²) in [5.74, 6) is 0.340. The Morgan fingerprint density at radius 3 is 2.66 bits per heavy atom. The van der Waals surface area contributed by atoms with Gasteiger partial charge in [-0.25, -0.2) is 0 Å². The van der Waals surface area contributed by atoms with Crippen LogP contribution in [0.25, 0.3) is 11.1 Å². The van der Waals surface area contributed by atoms with Gasteiger partial charge in [0.25, 0.3) is 5.91 Å². The number of rotatable bonds is 5. The van der Waals surface area contributed by atoms with E-state index in [-0.39, 0.29) is 30.9 Å². The van der Waals surface area contributed by atoms with Gasteiger partial charge in [0.15, 0.2) is 0 Å². The van der Waals surface area contributed by atoms with E-state index in [2.05, 4.69) is 10.6 Å². The van der Waals surface area contributed by atoms with Crippen molar-refractivity contribution in [2.75, 3.05) is 30.9 Å². The minimum atomic E-state index is -0.227. The lowest BCUT2D eigenvalue weighted by molar-refractivity contribution is -0.131. The van der Waals surface area contributed by atoms with E-state index in [0.29, 0.717) is 34.3 Å². The first-order valence-corrected chi connectivity index (χ1v) is 11.9. The molecule has 8 heteroatoms. The average Bonchev–Trinajstić information content (AvgIpc) is 3.30. The summed E-state index contributed by atoms with van der Waals surface area (Å²) in [6.07, 6.45) is 1.95. The number of aliphatic hydroxyl groups excluding tert-OH is 1. The van der Waals surface area contributed by atoms with Gasteiger partial charge in [0.1, 0.15) is 5.75 Å². The fourth-order valence-corrected chi connectivity index (χ4v) is 4.94. The Morgan fingerprint density at radius 2 is 1.86 bits per heavy atom. The smallest absolute Gasteiger partial charge is 0.257 e. The number of fused-ring (bicyclic) bond motifs is 2. The van der Waals surface area contributed by atoms with E-state index in [1.807, 2.05) is 42.5 Å². The van der Waals surface area contributed by atoms with E-state index in [9.17, 15) is 14.7 Å². The van der Waals surface area contributed by atoms with Crippen LogP contribution >= 0.6 is 11.6 Å². The summed E-state index contributed by atoms with van der Waals surface area (Å²) in [4.78, 5) is 27.5. The van der Waals surface area contributed by atoms with E-state index >= 15 is 0 Å². The van der Waals surface area contributed by atoms with Crippen LogP contribution in [0, 0.1) is 0 Å². The zero-order valence-electron chi connectivity index (χ0n) is 19.3. The van der Waals surface area contributed by atoms with Gasteiger partial charge < -0.3 is 25.4 Å². The van der Waals surface area contributed by atoms with Crippen LogP contribution in [-0.2, 0) is 11.2 Å². The van der Waals surface area contributed by atoms with E-state index in [0.717, 1.165) is 35.2 Å². The number of amides is 2. The molecule has 1 fully saturated rings. The Bertz CT molecular complexity index is 1310. The zero-order valence-corrected chi connectivity index (χ0v) is 20.1. The van der Waals surface area contributed by atoms with Crippen molar-refractivity contribution in [1.82, 2.24) is 4.90 Å². The lowest BCUT2D eigenvalue weighted by atomic mass is 10.0. The van der Waals surface area contributed by atoms with Crippen LogP contribution in [0.3, 0.4) is 0 Å². The van der Waals surface area contributed by atoms with E-state index in [4.69, 9.17) is 16.3 Å². The second-order valence-electron chi connectivity index (χ2n) is 8.81. The monoisotopic (exact) mass is 491 g/mol. The standard InChI is InChI=1S/C27H26ClN3O4/c1-35-25-14-18(6-8-21(25)28)17-5-7-20-23(13-17)29-22-9-4-16(11-24(22)30-27(20)34)12-26(33)31-10-2-3-19(31)15-32/h4-9,11,13-14,19,29,32H,2-3,10,12,15H2,1H3,(H,30,34)/t19-/m0/s1. The van der Waals surface area contributed by atoms with Gasteiger partial charge >= 0.3 is 0 Å². The fraction of sp³-hybridized carbons (Fsp3) is 0.259. The number of nitrogens with one attached hydrogen (secondary N) is 2. The maximum Gasteiger partial charge on any atom is 0.257 e. The van der Waals surface area contributed by atoms with E-state index in [1.165, 1.54) is 0 Å². The Kier molecular flexibility index (Phi) is 6.36. The first-order valence-electron chi connectivity index (χ1n) is 11.6. The molecule has 0 saturated carbocycles. The molecule has 3 N–H and O–H groups in total. The van der Waals surface area contributed by atoms with Crippen molar-refractivity contribution < 1.29 is 19.4 Å². The van der Waals surface area contributed by atoms with Gasteiger partial charge in [-0.3, -0.25) is 9.59 Å². The predicted octanol–water partition coefficient (Wildman–Crippen LogP) is 4.85. The molecule has 0 aromatic heterocycles. The van der Waals surface area contributed by atoms with Crippen molar-refractivity contribution in [2.45, 2.75) is 25.3 Å². The van der Waals surface area contributed by atoms with Crippen LogP contribution < -0.4 is 15.4 Å². The molecule has 2 aliphatic rings. The summed E-state index contributed by atoms with van der Waals surface area (Å²) in [6, 6.07) is 16.6. The topological polar surface area (TPSA) is 90.9 Å². The van der Waals surface area contributed by atoms with Gasteiger partial charge in [-0.1, -0.05) is 29.8 Å². The summed E-state index contributed by atoms with van der Waals surface area (Å²) in [5, 5.41) is 16.4. The van der Waals surface area contributed by atoms with Crippen molar-refractivity contribution >= 4 is 40.5 Å². The molecular weight excluding hydrogens is 466 g/mol. The van der Waals surface area contributed by atoms with Crippen molar-refractivity contribution in [2.24, 2.45) is 0 Å². The average molecular weight is 492 g/mol. The number of halogens is 1. The van der Waals surface area contributed by atoms with Crippen molar-refractivity contribution in [1.29, 1.82) is 0 Å². The highest BCUT2D eigenvalue weighted by Gasteiger charge is 2.28. The van der Waals surface area contributed by atoms with Gasteiger partial charge in [0, 0.05) is 6.54 Å². The van der Waals surface area contributed by atoms with Crippen LogP contribution in [0.5, 0.6) is 5.75 Å². The summed E-state index contributed by atoms with van der Waals surface area (Å²) >= 11 is 6.17. The number of hydrogen-bond acceptors (Lipinski definition) is 5. The molecule has 0 aliphatic carbocycles. The molecule has 0 radical (unpaired) electrons. The molecule has 7 nitrogen and oxygen atoms in total. The van der Waals surface area contributed by atoms with Gasteiger partial charge in [0.05, 0.1) is 53.8 Å². The molecule has 35 heavy (non-hydrogen) atoms. The molecular formula is C27H26ClN3O4. The number of carbonyl (C=O) groups excluding carboxylic acids is 2. The molecule has 3 aromatic carbocycles. The molecule has 3 aromatic rings. The molecule has 0 bridgehead atoms. The molecule has 0 spiro atoms. The van der Waals surface area contributed by atoms with Crippen LogP contribution in [0.1, 0.15) is 28.8 Å². The van der Waals surface area contributed by atoms with E-state index in [1.54, 1.807) is 24.1 Å². The lowest BCUT2D eigenvalue weighted by Crippen LogP contribution is -2.38. The summed E-state index contributed by atoms with van der Waals surface area (Å²) in [5.41, 5.74) is 5.19. The third-order valence-corrected chi connectivity index (χ3v) is 6.93. The largest absolute Gasteiger partial charge is 0.495 e. The zero-order chi connectivity index (χ0) is 24.5. The highest BCUT2D eigenvalue weighted by atomic mass is 35.5. The first-order chi connectivity index (χ1) is 17.0. The molecule has 0 unspecified atom stereocenters. The Morgan fingerprint density at radius 1 is 1.06 bits per heavy atom. The number of anilines is 3. The number of carbonyl (C=O) groups is 2. The van der Waals surface area contributed by atoms with Gasteiger partial charge in [-0.2, -0.15) is 0 Å². The van der Waals surface area contributed by atoms with Gasteiger partial charge in [-0.15, -0.1) is 0 Å². The Balaban J connectivity index is 1.41. The summed E-state index contributed by atoms with van der Waals surface area (Å²) < 4.78 is 5.34. The minimum Gasteiger partial charge on any atom is -0.495 e. The SMILES string of the molecule is COc1cc(-c2ccc3c(c2)Nc2ccc(CC(=O)N4CCC[C@H]4CO)cc2NC3=O)ccc1Cl. The number of likely N-dealkylation sites (tertiary alicyclic amines) is 1. The number of hydrogen-bond donors (Lipinski definition) is 3. The molecule has 1 saturated heterocycles. The number of ether oxygens (including phenoxy) is 1. The number of nitrogens with zero attached hydrogens (tertiary/aromatic N) is 1. The van der Waals surface area contributed by atoms with Crippen LogP contribution in [0.2, 0.25) is 5.02 Å². The van der Waals surface area contributed by atoms with Crippen molar-refractivity contribution in [3.63, 3.8) is 0 Å². The fourth-order valence-electron chi connectivity index (χ4n) is 4.74. The third kappa shape index (κ3) is 4.57. The van der Waals surface area contributed by atoms with Crippen molar-refractivity contribution in [3.8, 4) is 16.9 Å². The Hall–Kier alpha value is -3.55. The maximum atomic E-state index is 13.0. The molecule has 2 heterocycles. The molecule has 180 valence electrons. The highest BCUT2D eigenvalue weighted by molar-refractivity contribution is 6.32. The Labute approximate surface area is 208 Å². The normalized spacial score (nSPS) is 16.6. The molecule has 1 atom stereocenters. The first kappa shape index (κ1) is 23.2. The highest BCUT2D eigenvalue weighted by Crippen LogP contribution is 2.37. The van der Waals surface area contributed by atoms with E-state index < -0.39 is 0 Å². The number of benzene rings is 3. The molecule has 5 rings (SSSR count). The predicted molar refractivity (Wildman–Crippen MR) is 137 cm³/mol. The quantitative estimate of drug-likeness (QED) is 0.474. The number of aliphatic hydroxyl groups is 1.